The second-order valence-electron chi connectivity index (χ2n) is 8.25. The van der Waals surface area contributed by atoms with Crippen LogP contribution in [0.3, 0.4) is 0 Å². The first-order chi connectivity index (χ1) is 16.8. The van der Waals surface area contributed by atoms with Gasteiger partial charge in [0, 0.05) is 0 Å². The molecule has 1 heterocycles. The fourth-order valence-electron chi connectivity index (χ4n) is 3.88. The minimum Gasteiger partial charge on any atom is -0.485 e. The molecular weight excluding hydrogens is 424 g/mol. The van der Waals surface area contributed by atoms with Gasteiger partial charge in [-0.25, -0.2) is 0 Å². The number of hydrogen-bond acceptors (Lipinski definition) is 4. The summed E-state index contributed by atoms with van der Waals surface area (Å²) < 4.78 is 25.1. The molecule has 0 N–H and O–H groups in total. The van der Waals surface area contributed by atoms with Crippen molar-refractivity contribution in [3.63, 3.8) is 0 Å². The van der Waals surface area contributed by atoms with E-state index in [1.165, 1.54) is 0 Å². The summed E-state index contributed by atoms with van der Waals surface area (Å²) in [6.45, 7) is 3.86. The van der Waals surface area contributed by atoms with Crippen LogP contribution in [0.4, 0.5) is 0 Å². The Morgan fingerprint density at radius 2 is 1.24 bits per heavy atom. The van der Waals surface area contributed by atoms with Gasteiger partial charge in [-0.3, -0.25) is 0 Å². The van der Waals surface area contributed by atoms with Gasteiger partial charge < -0.3 is 18.9 Å². The van der Waals surface area contributed by atoms with Crippen LogP contribution in [-0.4, -0.2) is 24.9 Å². The van der Waals surface area contributed by atoms with Crippen LogP contribution in [0.15, 0.2) is 115 Å². The van der Waals surface area contributed by atoms with Crippen molar-refractivity contribution in [3.05, 3.63) is 132 Å². The van der Waals surface area contributed by atoms with Crippen LogP contribution in [0.25, 0.3) is 0 Å². The minimum absolute atomic E-state index is 0.269. The van der Waals surface area contributed by atoms with Crippen LogP contribution in [0.5, 0.6) is 0 Å². The van der Waals surface area contributed by atoms with Crippen molar-refractivity contribution >= 4 is 0 Å². The zero-order valence-corrected chi connectivity index (χ0v) is 19.6. The van der Waals surface area contributed by atoms with E-state index in [0.717, 1.165) is 22.4 Å². The lowest BCUT2D eigenvalue weighted by molar-refractivity contribution is -0.151. The zero-order valence-electron chi connectivity index (χ0n) is 19.6. The smallest absolute Gasteiger partial charge is 0.151 e. The lowest BCUT2D eigenvalue weighted by Gasteiger charge is -2.36. The molecule has 0 radical (unpaired) electrons. The van der Waals surface area contributed by atoms with E-state index in [0.29, 0.717) is 26.4 Å². The molecule has 0 bridgehead atoms. The second-order valence-corrected chi connectivity index (χ2v) is 8.25. The average molecular weight is 457 g/mol. The summed E-state index contributed by atoms with van der Waals surface area (Å²) in [6.07, 6.45) is 5.04. The average Bonchev–Trinajstić information content (AvgIpc) is 2.89. The SMILES string of the molecule is C/C=C/C1=C[C@@H](OCc2ccccc2)[C@H](OCc2ccccc2)C(COCc2ccccc2)O1. The molecule has 1 aliphatic rings. The fourth-order valence-corrected chi connectivity index (χ4v) is 3.88. The standard InChI is InChI=1S/C30H32O4/c1-2-12-27-19-28(32-21-25-15-8-4-9-16-25)30(33-22-26-17-10-5-11-18-26)29(34-27)23-31-20-24-13-6-3-7-14-24/h2-19,28-30H,20-23H2,1H3/b12-2+/t28-,29?,30+/m1/s1. The summed E-state index contributed by atoms with van der Waals surface area (Å²) in [4.78, 5) is 0. The summed E-state index contributed by atoms with van der Waals surface area (Å²) >= 11 is 0. The Bertz CT molecular complexity index is 1030. The molecule has 4 heteroatoms. The number of benzene rings is 3. The van der Waals surface area contributed by atoms with Gasteiger partial charge in [0.25, 0.3) is 0 Å². The van der Waals surface area contributed by atoms with Gasteiger partial charge in [0.2, 0.25) is 0 Å². The zero-order chi connectivity index (χ0) is 23.4. The third kappa shape index (κ3) is 7.16. The molecule has 0 aliphatic carbocycles. The predicted octanol–water partition coefficient (Wildman–Crippen LogP) is 6.23. The molecule has 176 valence electrons. The lowest BCUT2D eigenvalue weighted by Crippen LogP contribution is -2.47. The molecule has 0 aromatic heterocycles. The Balaban J connectivity index is 1.49. The fraction of sp³-hybridized carbons (Fsp3) is 0.267. The molecule has 3 atom stereocenters. The highest BCUT2D eigenvalue weighted by Crippen LogP contribution is 2.26. The Labute approximate surface area is 202 Å². The monoisotopic (exact) mass is 456 g/mol. The van der Waals surface area contributed by atoms with Crippen molar-refractivity contribution in [2.24, 2.45) is 0 Å². The van der Waals surface area contributed by atoms with Gasteiger partial charge in [-0.15, -0.1) is 0 Å². The molecule has 1 aliphatic heterocycles. The summed E-state index contributed by atoms with van der Waals surface area (Å²) in [5.74, 6) is 0.772. The molecule has 0 saturated heterocycles. The molecule has 0 spiro atoms. The second kappa shape index (κ2) is 12.9. The number of hydrogen-bond donors (Lipinski definition) is 0. The largest absolute Gasteiger partial charge is 0.485 e. The van der Waals surface area contributed by atoms with Crippen molar-refractivity contribution in [2.75, 3.05) is 6.61 Å². The number of ether oxygens (including phenoxy) is 4. The summed E-state index contributed by atoms with van der Waals surface area (Å²) in [5, 5.41) is 0. The number of allylic oxidation sites excluding steroid dienone is 2. The van der Waals surface area contributed by atoms with Crippen LogP contribution in [-0.2, 0) is 38.8 Å². The van der Waals surface area contributed by atoms with Crippen LogP contribution in [0, 0.1) is 0 Å². The van der Waals surface area contributed by atoms with Crippen molar-refractivity contribution in [3.8, 4) is 0 Å². The highest BCUT2D eigenvalue weighted by Gasteiger charge is 2.36. The molecule has 0 saturated carbocycles. The van der Waals surface area contributed by atoms with Gasteiger partial charge in [0.15, 0.2) is 6.10 Å². The van der Waals surface area contributed by atoms with Crippen LogP contribution in [0.2, 0.25) is 0 Å². The topological polar surface area (TPSA) is 36.9 Å². The van der Waals surface area contributed by atoms with E-state index in [2.05, 4.69) is 36.4 Å². The van der Waals surface area contributed by atoms with E-state index in [4.69, 9.17) is 18.9 Å². The highest BCUT2D eigenvalue weighted by atomic mass is 16.6. The summed E-state index contributed by atoms with van der Waals surface area (Å²) in [5.41, 5.74) is 3.35. The molecule has 3 aromatic carbocycles. The highest BCUT2D eigenvalue weighted by molar-refractivity contribution is 5.20. The third-order valence-electron chi connectivity index (χ3n) is 5.60. The van der Waals surface area contributed by atoms with E-state index in [-0.39, 0.29) is 18.3 Å². The molecule has 4 nitrogen and oxygen atoms in total. The quantitative estimate of drug-likeness (QED) is 0.343. The van der Waals surface area contributed by atoms with Gasteiger partial charge in [-0.2, -0.15) is 0 Å². The van der Waals surface area contributed by atoms with Gasteiger partial charge in [-0.1, -0.05) is 97.1 Å². The van der Waals surface area contributed by atoms with Crippen molar-refractivity contribution in [2.45, 2.75) is 45.1 Å². The lowest BCUT2D eigenvalue weighted by atomic mass is 10.0. The van der Waals surface area contributed by atoms with E-state index in [1.807, 2.05) is 79.7 Å². The van der Waals surface area contributed by atoms with Crippen molar-refractivity contribution in [1.29, 1.82) is 0 Å². The maximum Gasteiger partial charge on any atom is 0.151 e. The van der Waals surface area contributed by atoms with E-state index < -0.39 is 0 Å². The van der Waals surface area contributed by atoms with E-state index in [9.17, 15) is 0 Å². The maximum atomic E-state index is 6.41. The number of rotatable bonds is 11. The van der Waals surface area contributed by atoms with E-state index in [1.54, 1.807) is 0 Å². The molecule has 0 amide bonds. The molecular formula is C30H32O4. The van der Waals surface area contributed by atoms with Crippen LogP contribution < -0.4 is 0 Å². The normalized spacial score (nSPS) is 20.1. The van der Waals surface area contributed by atoms with E-state index >= 15 is 0 Å². The van der Waals surface area contributed by atoms with Gasteiger partial charge in [0.05, 0.1) is 26.4 Å². The van der Waals surface area contributed by atoms with Crippen LogP contribution in [0.1, 0.15) is 23.6 Å². The van der Waals surface area contributed by atoms with Crippen molar-refractivity contribution < 1.29 is 18.9 Å². The predicted molar refractivity (Wildman–Crippen MR) is 134 cm³/mol. The molecule has 0 fully saturated rings. The first-order valence-electron chi connectivity index (χ1n) is 11.8. The Kier molecular flexibility index (Phi) is 9.09. The summed E-state index contributed by atoms with van der Waals surface area (Å²) in [7, 11) is 0. The molecule has 3 aromatic rings. The van der Waals surface area contributed by atoms with Gasteiger partial charge in [0.1, 0.15) is 18.0 Å². The molecule has 4 rings (SSSR count). The van der Waals surface area contributed by atoms with Gasteiger partial charge >= 0.3 is 0 Å². The summed E-state index contributed by atoms with van der Waals surface area (Å²) in [6, 6.07) is 30.5. The minimum atomic E-state index is -0.311. The first-order valence-corrected chi connectivity index (χ1v) is 11.8. The van der Waals surface area contributed by atoms with Crippen LogP contribution >= 0.6 is 0 Å². The molecule has 1 unspecified atom stereocenters. The van der Waals surface area contributed by atoms with Gasteiger partial charge in [-0.05, 0) is 35.8 Å². The third-order valence-corrected chi connectivity index (χ3v) is 5.60. The Morgan fingerprint density at radius 1 is 0.706 bits per heavy atom. The first kappa shape index (κ1) is 24.0. The Hall–Kier alpha value is -3.18. The maximum absolute atomic E-state index is 6.41. The van der Waals surface area contributed by atoms with Crippen molar-refractivity contribution in [1.82, 2.24) is 0 Å². The molecule has 34 heavy (non-hydrogen) atoms. The Morgan fingerprint density at radius 3 is 1.79 bits per heavy atom.